The number of halogens is 1. The van der Waals surface area contributed by atoms with E-state index in [1.54, 1.807) is 36.9 Å². The molecule has 268 valence electrons. The summed E-state index contributed by atoms with van der Waals surface area (Å²) in [7, 11) is 0. The van der Waals surface area contributed by atoms with Crippen LogP contribution in [0.25, 0.3) is 85.4 Å². The van der Waals surface area contributed by atoms with Crippen molar-refractivity contribution in [2.24, 2.45) is 0 Å². The average Bonchev–Trinajstić information content (AvgIpc) is 3.85. The fraction of sp³-hybridized carbons (Fsp3) is 0.0652. The maximum Gasteiger partial charge on any atom is 0.164 e. The Bertz CT molecular complexity index is 2880. The van der Waals surface area contributed by atoms with E-state index in [0.29, 0.717) is 29.0 Å². The van der Waals surface area contributed by atoms with Crippen molar-refractivity contribution in [3.05, 3.63) is 169 Å². The smallest absolute Gasteiger partial charge is 0.164 e. The van der Waals surface area contributed by atoms with Gasteiger partial charge in [0.2, 0.25) is 0 Å². The van der Waals surface area contributed by atoms with Crippen LogP contribution in [0.1, 0.15) is 30.7 Å². The molecule has 4 aromatic carbocycles. The Kier molecular flexibility index (Phi) is 8.14. The first kappa shape index (κ1) is 33.1. The van der Waals surface area contributed by atoms with E-state index in [1.165, 1.54) is 12.1 Å². The van der Waals surface area contributed by atoms with Crippen molar-refractivity contribution < 1.29 is 4.39 Å². The van der Waals surface area contributed by atoms with Crippen LogP contribution in [0.2, 0.25) is 0 Å². The van der Waals surface area contributed by atoms with Crippen LogP contribution in [0.5, 0.6) is 0 Å². The summed E-state index contributed by atoms with van der Waals surface area (Å²) in [5, 5.41) is 0. The Labute approximate surface area is 321 Å². The lowest BCUT2D eigenvalue weighted by atomic mass is 9.97. The molecule has 1 atom stereocenters. The molecule has 0 saturated heterocycles. The van der Waals surface area contributed by atoms with Crippen LogP contribution < -0.4 is 0 Å². The molecule has 0 saturated carbocycles. The quantitative estimate of drug-likeness (QED) is 0.161. The van der Waals surface area contributed by atoms with Gasteiger partial charge in [0.15, 0.2) is 17.5 Å². The van der Waals surface area contributed by atoms with Gasteiger partial charge in [-0.1, -0.05) is 73.7 Å². The highest BCUT2D eigenvalue weighted by atomic mass is 19.1. The summed E-state index contributed by atoms with van der Waals surface area (Å²) in [6.45, 7) is 2.21. The van der Waals surface area contributed by atoms with Crippen molar-refractivity contribution in [2.75, 3.05) is 0 Å². The summed E-state index contributed by atoms with van der Waals surface area (Å²) in [5.41, 5.74) is 10.2. The molecule has 0 bridgehead atoms. The van der Waals surface area contributed by atoms with Gasteiger partial charge in [-0.05, 0) is 73.2 Å². The lowest BCUT2D eigenvalue weighted by molar-refractivity contribution is 0.628. The molecule has 9 nitrogen and oxygen atoms in total. The molecule has 1 aliphatic carbocycles. The van der Waals surface area contributed by atoms with Crippen molar-refractivity contribution in [3.8, 4) is 68.3 Å². The normalized spacial score (nSPS) is 13.6. The first-order valence-corrected chi connectivity index (χ1v) is 18.4. The molecular weight excluding hydrogens is 698 g/mol. The van der Waals surface area contributed by atoms with E-state index in [9.17, 15) is 4.39 Å². The minimum atomic E-state index is -0.330. The number of hydrogen-bond acceptors (Lipinski definition) is 7. The maximum absolute atomic E-state index is 14.0. The number of pyridine rings is 2. The first-order valence-electron chi connectivity index (χ1n) is 18.4. The lowest BCUT2D eigenvalue weighted by Gasteiger charge is -2.15. The zero-order chi connectivity index (χ0) is 37.6. The Morgan fingerprint density at radius 3 is 1.57 bits per heavy atom. The molecule has 5 aromatic heterocycles. The van der Waals surface area contributed by atoms with Crippen molar-refractivity contribution >= 4 is 17.1 Å². The molecule has 1 aliphatic rings. The van der Waals surface area contributed by atoms with Gasteiger partial charge in [-0.3, -0.25) is 19.1 Å². The van der Waals surface area contributed by atoms with Crippen molar-refractivity contribution in [3.63, 3.8) is 0 Å². The van der Waals surface area contributed by atoms with E-state index in [0.717, 1.165) is 74.1 Å². The van der Waals surface area contributed by atoms with E-state index in [2.05, 4.69) is 56.4 Å². The third kappa shape index (κ3) is 5.93. The van der Waals surface area contributed by atoms with Crippen LogP contribution in [0.3, 0.4) is 0 Å². The highest BCUT2D eigenvalue weighted by molar-refractivity contribution is 5.83. The second kappa shape index (κ2) is 13.7. The number of fused-ring (bicyclic) bond motifs is 2. The molecule has 10 rings (SSSR count). The molecule has 1 unspecified atom stereocenters. The highest BCUT2D eigenvalue weighted by Crippen LogP contribution is 2.36. The number of allylic oxidation sites excluding steroid dienone is 1. The topological polar surface area (TPSA) is 100 Å². The maximum atomic E-state index is 14.0. The summed E-state index contributed by atoms with van der Waals surface area (Å²) in [6.07, 6.45) is 12.5. The van der Waals surface area contributed by atoms with Gasteiger partial charge in [0.05, 0.1) is 33.8 Å². The van der Waals surface area contributed by atoms with E-state index in [1.807, 2.05) is 78.9 Å². The van der Waals surface area contributed by atoms with Crippen molar-refractivity contribution in [1.29, 1.82) is 0 Å². The summed E-state index contributed by atoms with van der Waals surface area (Å²) >= 11 is 0. The summed E-state index contributed by atoms with van der Waals surface area (Å²) in [5.74, 6) is 3.08. The summed E-state index contributed by atoms with van der Waals surface area (Å²) in [4.78, 5) is 33.4. The van der Waals surface area contributed by atoms with E-state index in [4.69, 9.17) is 24.9 Å². The molecule has 0 fully saturated rings. The molecule has 0 amide bonds. The highest BCUT2D eigenvalue weighted by Gasteiger charge is 2.24. The number of imidazole rings is 2. The van der Waals surface area contributed by atoms with Crippen LogP contribution in [0.4, 0.5) is 4.39 Å². The van der Waals surface area contributed by atoms with E-state index < -0.39 is 0 Å². The SMILES string of the molecule is CC1CC=Cc2c1nc(-c1ccc(-c3nc(-c4ccc(F)cc4)nc(-c4ccc(-c5nc6ccccc6n5-c5ccncc5)cc4)n3)cc1)n2-c1ccncc1. The second-order valence-corrected chi connectivity index (χ2v) is 13.7. The number of aromatic nitrogens is 9. The zero-order valence-corrected chi connectivity index (χ0v) is 30.2. The van der Waals surface area contributed by atoms with Gasteiger partial charge in [0.25, 0.3) is 0 Å². The van der Waals surface area contributed by atoms with Crippen LogP contribution in [0, 0.1) is 5.82 Å². The summed E-state index contributed by atoms with van der Waals surface area (Å²) in [6, 6.07) is 38.4. The Hall–Kier alpha value is -7.46. The minimum absolute atomic E-state index is 0.307. The monoisotopic (exact) mass is 729 g/mol. The van der Waals surface area contributed by atoms with Crippen molar-refractivity contribution in [1.82, 2.24) is 44.0 Å². The Balaban J connectivity index is 1.05. The van der Waals surface area contributed by atoms with E-state index in [-0.39, 0.29) is 5.82 Å². The number of benzene rings is 4. The van der Waals surface area contributed by atoms with E-state index >= 15 is 0 Å². The fourth-order valence-corrected chi connectivity index (χ4v) is 7.29. The molecule has 0 spiro atoms. The largest absolute Gasteiger partial charge is 0.293 e. The standard InChI is InChI=1S/C46H32FN9/c1-29-5-4-8-40-41(29)51-46(56(40)37-23-27-49-28-24-37)34-15-11-31(12-16-34)43-52-42(53-44(54-43)32-17-19-35(47)20-18-32)30-9-13-33(14-10-30)45-50-38-6-2-3-7-39(38)55(45)36-21-25-48-26-22-36/h2-4,6-29H,5H2,1H3. The van der Waals surface area contributed by atoms with Crippen molar-refractivity contribution in [2.45, 2.75) is 19.3 Å². The predicted molar refractivity (Wildman–Crippen MR) is 216 cm³/mol. The number of hydrogen-bond donors (Lipinski definition) is 0. The Morgan fingerprint density at radius 2 is 1.00 bits per heavy atom. The minimum Gasteiger partial charge on any atom is -0.293 e. The fourth-order valence-electron chi connectivity index (χ4n) is 7.29. The first-order chi connectivity index (χ1) is 27.6. The predicted octanol–water partition coefficient (Wildman–Crippen LogP) is 10.2. The van der Waals surface area contributed by atoms with Crippen LogP contribution in [-0.4, -0.2) is 44.0 Å². The lowest BCUT2D eigenvalue weighted by Crippen LogP contribution is -2.04. The molecule has 0 N–H and O–H groups in total. The third-order valence-electron chi connectivity index (χ3n) is 10.1. The molecular formula is C46H32FN9. The molecule has 5 heterocycles. The molecule has 10 heteroatoms. The van der Waals surface area contributed by atoms with Gasteiger partial charge in [-0.15, -0.1) is 0 Å². The third-order valence-corrected chi connectivity index (χ3v) is 10.1. The van der Waals surface area contributed by atoms with Gasteiger partial charge in [-0.25, -0.2) is 29.3 Å². The molecule has 0 aliphatic heterocycles. The van der Waals surface area contributed by atoms with Gasteiger partial charge >= 0.3 is 0 Å². The van der Waals surface area contributed by atoms with Gasteiger partial charge in [-0.2, -0.15) is 0 Å². The molecule has 9 aromatic rings. The second-order valence-electron chi connectivity index (χ2n) is 13.7. The van der Waals surface area contributed by atoms with Crippen LogP contribution in [0.15, 0.2) is 152 Å². The van der Waals surface area contributed by atoms with Gasteiger partial charge in [0, 0.05) is 58.5 Å². The molecule has 56 heavy (non-hydrogen) atoms. The van der Waals surface area contributed by atoms with Crippen LogP contribution >= 0.6 is 0 Å². The van der Waals surface area contributed by atoms with Gasteiger partial charge < -0.3 is 0 Å². The number of para-hydroxylation sites is 2. The molecule has 0 radical (unpaired) electrons. The number of nitrogens with zero attached hydrogens (tertiary/aromatic N) is 9. The van der Waals surface area contributed by atoms with Gasteiger partial charge in [0.1, 0.15) is 17.5 Å². The zero-order valence-electron chi connectivity index (χ0n) is 30.2. The summed E-state index contributed by atoms with van der Waals surface area (Å²) < 4.78 is 18.3. The Morgan fingerprint density at radius 1 is 0.518 bits per heavy atom. The number of rotatable bonds is 7. The van der Waals surface area contributed by atoms with Crippen LogP contribution in [-0.2, 0) is 0 Å². The average molecular weight is 730 g/mol.